The van der Waals surface area contributed by atoms with Crippen LogP contribution in [0.1, 0.15) is 6.92 Å². The van der Waals surface area contributed by atoms with Crippen LogP contribution in [0.4, 0.5) is 13.2 Å². The molecule has 0 saturated heterocycles. The van der Waals surface area contributed by atoms with Crippen LogP contribution in [0.15, 0.2) is 0 Å². The van der Waals surface area contributed by atoms with E-state index in [0.29, 0.717) is 0 Å². The number of rotatable bonds is 3. The third-order valence-electron chi connectivity index (χ3n) is 1.40. The molecule has 0 aliphatic heterocycles. The highest BCUT2D eigenvalue weighted by Crippen LogP contribution is 2.28. The highest BCUT2D eigenvalue weighted by molar-refractivity contribution is 7.91. The summed E-state index contributed by atoms with van der Waals surface area (Å²) in [5, 5.41) is 0. The Labute approximate surface area is 92.7 Å². The molecule has 0 heterocycles. The molecular weight excluding hydrogens is 265 g/mol. The van der Waals surface area contributed by atoms with Gasteiger partial charge in [-0.3, -0.25) is 10.2 Å². The zero-order chi connectivity index (χ0) is 13.4. The van der Waals surface area contributed by atoms with E-state index in [1.807, 2.05) is 0 Å². The van der Waals surface area contributed by atoms with Gasteiger partial charge in [-0.1, -0.05) is 19.6 Å². The zero-order valence-electron chi connectivity index (χ0n) is 9.21. The zero-order valence-corrected chi connectivity index (χ0v) is 11.0. The Morgan fingerprint density at radius 2 is 1.62 bits per heavy atom. The summed E-state index contributed by atoms with van der Waals surface area (Å²) >= 11 is 0. The molecule has 0 aromatic carbocycles. The molecule has 0 aromatic rings. The van der Waals surface area contributed by atoms with Gasteiger partial charge in [-0.05, 0) is 0 Å². The van der Waals surface area contributed by atoms with E-state index < -0.39 is 29.7 Å². The molecular formula is C6H13F3N2O3SSi. The van der Waals surface area contributed by atoms with Gasteiger partial charge in [0.2, 0.25) is 5.91 Å². The first kappa shape index (κ1) is 15.4. The van der Waals surface area contributed by atoms with Crippen LogP contribution in [0.2, 0.25) is 19.6 Å². The van der Waals surface area contributed by atoms with E-state index in [-0.39, 0.29) is 4.08 Å². The largest absolute Gasteiger partial charge is 0.512 e. The topological polar surface area (TPSA) is 66.5 Å². The quantitative estimate of drug-likeness (QED) is 0.619. The van der Waals surface area contributed by atoms with Crippen LogP contribution in [0, 0.1) is 0 Å². The molecule has 0 bridgehead atoms. The fourth-order valence-electron chi connectivity index (χ4n) is 0.835. The maximum absolute atomic E-state index is 12.3. The van der Waals surface area contributed by atoms with Crippen LogP contribution in [0.5, 0.6) is 0 Å². The first-order valence-electron chi connectivity index (χ1n) is 4.19. The number of sulfonamides is 1. The lowest BCUT2D eigenvalue weighted by Gasteiger charge is -2.32. The summed E-state index contributed by atoms with van der Waals surface area (Å²) in [6.45, 7) is 5.05. The summed E-state index contributed by atoms with van der Waals surface area (Å²) in [7, 11) is -8.43. The van der Waals surface area contributed by atoms with Crippen LogP contribution < -0.4 is 5.43 Å². The Hall–Kier alpha value is -0.613. The van der Waals surface area contributed by atoms with Crippen molar-refractivity contribution in [2.45, 2.75) is 32.1 Å². The summed E-state index contributed by atoms with van der Waals surface area (Å²) in [6.07, 6.45) is 0. The number of nitrogens with one attached hydrogen (secondary N) is 1. The van der Waals surface area contributed by atoms with Gasteiger partial charge in [-0.15, -0.1) is 4.08 Å². The van der Waals surface area contributed by atoms with Crippen LogP contribution in [0.3, 0.4) is 0 Å². The molecule has 0 fully saturated rings. The van der Waals surface area contributed by atoms with Gasteiger partial charge in [0, 0.05) is 6.92 Å². The summed E-state index contributed by atoms with van der Waals surface area (Å²) in [5.74, 6) is -0.866. The highest BCUT2D eigenvalue weighted by atomic mass is 32.2. The minimum atomic E-state index is -5.53. The Kier molecular flexibility index (Phi) is 4.17. The number of carbonyl (C=O) groups excluding carboxylic acids is 1. The van der Waals surface area contributed by atoms with Crippen molar-refractivity contribution >= 4 is 24.2 Å². The number of hydrogen-bond donors (Lipinski definition) is 1. The predicted octanol–water partition coefficient (Wildman–Crippen LogP) is 1.02. The van der Waals surface area contributed by atoms with Gasteiger partial charge in [0.25, 0.3) is 0 Å². The van der Waals surface area contributed by atoms with E-state index in [9.17, 15) is 26.4 Å². The van der Waals surface area contributed by atoms with Crippen molar-refractivity contribution in [3.63, 3.8) is 0 Å². The second-order valence-corrected chi connectivity index (χ2v) is 10.9. The maximum atomic E-state index is 12.3. The van der Waals surface area contributed by atoms with Gasteiger partial charge in [-0.2, -0.15) is 13.2 Å². The molecule has 0 aromatic heterocycles. The van der Waals surface area contributed by atoms with Gasteiger partial charge in [0.15, 0.2) is 8.24 Å². The lowest BCUT2D eigenvalue weighted by molar-refractivity contribution is -0.121. The molecule has 0 saturated carbocycles. The molecule has 96 valence electrons. The number of nitrogens with zero attached hydrogens (tertiary/aromatic N) is 1. The van der Waals surface area contributed by atoms with Crippen molar-refractivity contribution in [1.29, 1.82) is 0 Å². The van der Waals surface area contributed by atoms with E-state index >= 15 is 0 Å². The van der Waals surface area contributed by atoms with Crippen molar-refractivity contribution in [2.75, 3.05) is 0 Å². The molecule has 0 unspecified atom stereocenters. The number of alkyl halides is 3. The average molecular weight is 278 g/mol. The minimum absolute atomic E-state index is 0.0440. The van der Waals surface area contributed by atoms with E-state index in [2.05, 4.69) is 0 Å². The van der Waals surface area contributed by atoms with Gasteiger partial charge in [0.1, 0.15) is 0 Å². The molecule has 0 rings (SSSR count). The van der Waals surface area contributed by atoms with E-state index in [1.165, 1.54) is 19.6 Å². The second-order valence-electron chi connectivity index (χ2n) is 4.05. The Bertz CT molecular complexity index is 373. The minimum Gasteiger partial charge on any atom is -0.282 e. The fraction of sp³-hybridized carbons (Fsp3) is 0.833. The van der Waals surface area contributed by atoms with Crippen molar-refractivity contribution in [1.82, 2.24) is 9.51 Å². The third kappa shape index (κ3) is 3.45. The van der Waals surface area contributed by atoms with Crippen LogP contribution >= 0.6 is 0 Å². The molecule has 0 aliphatic carbocycles. The summed E-state index contributed by atoms with van der Waals surface area (Å²) in [5.41, 5.74) is -3.71. The third-order valence-corrected chi connectivity index (χ3v) is 6.25. The van der Waals surface area contributed by atoms with Gasteiger partial charge in [-0.25, -0.2) is 8.42 Å². The standard InChI is InChI=1S/C6H13F3N2O3SSi/c1-5(12)10-11(16(2,3)4)15(13,14)6(7,8)9/h1-4H3,(H,10,12). The number of hydrogen-bond acceptors (Lipinski definition) is 3. The molecule has 0 atom stereocenters. The fourth-order valence-corrected chi connectivity index (χ4v) is 4.98. The summed E-state index contributed by atoms with van der Waals surface area (Å²) < 4.78 is 59.3. The maximum Gasteiger partial charge on any atom is 0.512 e. The lowest BCUT2D eigenvalue weighted by atomic mass is 10.8. The van der Waals surface area contributed by atoms with Gasteiger partial charge in [0.05, 0.1) is 0 Å². The average Bonchev–Trinajstić information content (AvgIpc) is 1.95. The number of amides is 1. The SMILES string of the molecule is CC(=O)NN([Si](C)(C)C)S(=O)(=O)C(F)(F)F. The smallest absolute Gasteiger partial charge is 0.282 e. The molecule has 0 spiro atoms. The van der Waals surface area contributed by atoms with Crippen LogP contribution in [-0.2, 0) is 14.8 Å². The van der Waals surface area contributed by atoms with E-state index in [1.54, 1.807) is 5.43 Å². The van der Waals surface area contributed by atoms with Gasteiger partial charge >= 0.3 is 15.5 Å². The number of halogens is 3. The van der Waals surface area contributed by atoms with E-state index in [4.69, 9.17) is 0 Å². The van der Waals surface area contributed by atoms with Gasteiger partial charge < -0.3 is 0 Å². The van der Waals surface area contributed by atoms with Crippen molar-refractivity contribution in [3.8, 4) is 0 Å². The highest BCUT2D eigenvalue weighted by Gasteiger charge is 2.53. The van der Waals surface area contributed by atoms with Crippen molar-refractivity contribution < 1.29 is 26.4 Å². The first-order valence-corrected chi connectivity index (χ1v) is 9.08. The molecule has 1 N–H and O–H groups in total. The Balaban J connectivity index is 5.47. The van der Waals surface area contributed by atoms with Crippen molar-refractivity contribution in [3.05, 3.63) is 0 Å². The molecule has 5 nitrogen and oxygen atoms in total. The Morgan fingerprint density at radius 1 is 1.25 bits per heavy atom. The van der Waals surface area contributed by atoms with Crippen LogP contribution in [0.25, 0.3) is 0 Å². The second kappa shape index (κ2) is 4.34. The van der Waals surface area contributed by atoms with Crippen LogP contribution in [-0.4, -0.2) is 32.1 Å². The number of hydrazine groups is 1. The first-order chi connectivity index (χ1) is 6.80. The summed E-state index contributed by atoms with van der Waals surface area (Å²) in [4.78, 5) is 10.7. The van der Waals surface area contributed by atoms with Crippen molar-refractivity contribution in [2.24, 2.45) is 0 Å². The lowest BCUT2D eigenvalue weighted by Crippen LogP contribution is -2.61. The normalized spacial score (nSPS) is 14.0. The predicted molar refractivity (Wildman–Crippen MR) is 54.0 cm³/mol. The number of carbonyl (C=O) groups is 1. The molecule has 1 amide bonds. The van der Waals surface area contributed by atoms with E-state index in [0.717, 1.165) is 6.92 Å². The Morgan fingerprint density at radius 3 is 1.81 bits per heavy atom. The summed E-state index contributed by atoms with van der Waals surface area (Å²) in [6, 6.07) is 0. The molecule has 10 heteroatoms. The molecule has 16 heavy (non-hydrogen) atoms. The molecule has 0 radical (unpaired) electrons. The monoisotopic (exact) mass is 278 g/mol. The molecule has 0 aliphatic rings.